The highest BCUT2D eigenvalue weighted by Crippen LogP contribution is 2.20. The second kappa shape index (κ2) is 8.23. The van der Waals surface area contributed by atoms with Gasteiger partial charge in [0.1, 0.15) is 5.82 Å². The molecule has 9 heteroatoms. The summed E-state index contributed by atoms with van der Waals surface area (Å²) in [5.41, 5.74) is 5.29. The average molecular weight is 341 g/mol. The third-order valence-electron chi connectivity index (χ3n) is 2.50. The van der Waals surface area contributed by atoms with Gasteiger partial charge in [-0.15, -0.1) is 10.2 Å². The van der Waals surface area contributed by atoms with Gasteiger partial charge in [-0.05, 0) is 12.3 Å². The van der Waals surface area contributed by atoms with Crippen LogP contribution in [0.15, 0.2) is 25.7 Å². The van der Waals surface area contributed by atoms with Gasteiger partial charge in [0.25, 0.3) is 10.8 Å². The number of nitrogen functional groups attached to an aromatic ring is 1. The van der Waals surface area contributed by atoms with Crippen LogP contribution in [0, 0.1) is 5.92 Å². The van der Waals surface area contributed by atoms with Crippen molar-refractivity contribution in [3.8, 4) is 0 Å². The number of nitrogens with one attached hydrogen (secondary N) is 1. The highest BCUT2D eigenvalue weighted by molar-refractivity contribution is 7.99. The summed E-state index contributed by atoms with van der Waals surface area (Å²) in [6.07, 6.45) is 1.55. The van der Waals surface area contributed by atoms with Crippen LogP contribution in [0.4, 0.5) is 5.82 Å². The molecular weight excluding hydrogens is 322 g/mol. The number of aryl methyl sites for hydroxylation is 1. The van der Waals surface area contributed by atoms with Crippen molar-refractivity contribution in [3.05, 3.63) is 22.3 Å². The van der Waals surface area contributed by atoms with Gasteiger partial charge in [0.05, 0.1) is 0 Å². The van der Waals surface area contributed by atoms with Gasteiger partial charge in [-0.3, -0.25) is 4.79 Å². The first-order chi connectivity index (χ1) is 10.5. The number of aromatic nitrogens is 4. The molecule has 0 aliphatic heterocycles. The molecule has 0 aromatic carbocycles. The zero-order valence-corrected chi connectivity index (χ0v) is 14.2. The largest absolute Gasteiger partial charge is 0.416 e. The summed E-state index contributed by atoms with van der Waals surface area (Å²) in [7, 11) is 0. The normalized spacial score (nSPS) is 11.2. The van der Waals surface area contributed by atoms with Gasteiger partial charge in [0.2, 0.25) is 5.89 Å². The molecule has 0 saturated carbocycles. The zero-order valence-electron chi connectivity index (χ0n) is 12.5. The number of hydrogen-bond donors (Lipinski definition) is 2. The molecule has 2 heterocycles. The lowest BCUT2D eigenvalue weighted by Gasteiger charge is -2.00. The maximum absolute atomic E-state index is 11.3. The van der Waals surface area contributed by atoms with Gasteiger partial charge in [0.15, 0.2) is 5.16 Å². The van der Waals surface area contributed by atoms with Crippen molar-refractivity contribution in [1.29, 1.82) is 0 Å². The fourth-order valence-corrected chi connectivity index (χ4v) is 3.10. The number of rotatable bonds is 8. The van der Waals surface area contributed by atoms with Crippen LogP contribution >= 0.6 is 23.5 Å². The molecule has 0 fully saturated rings. The Morgan fingerprint density at radius 2 is 2.18 bits per heavy atom. The molecule has 3 N–H and O–H groups in total. The van der Waals surface area contributed by atoms with E-state index in [-0.39, 0.29) is 11.4 Å². The molecule has 0 atom stereocenters. The number of nitrogens with zero attached hydrogens (tertiary/aromatic N) is 3. The Morgan fingerprint density at radius 3 is 2.91 bits per heavy atom. The summed E-state index contributed by atoms with van der Waals surface area (Å²) in [5.74, 6) is 3.20. The molecule has 0 bridgehead atoms. The molecule has 0 aliphatic carbocycles. The van der Waals surface area contributed by atoms with Crippen LogP contribution in [0.2, 0.25) is 0 Å². The van der Waals surface area contributed by atoms with E-state index in [0.29, 0.717) is 28.6 Å². The van der Waals surface area contributed by atoms with Crippen molar-refractivity contribution in [2.75, 3.05) is 17.2 Å². The van der Waals surface area contributed by atoms with E-state index in [0.717, 1.165) is 17.9 Å². The van der Waals surface area contributed by atoms with E-state index < -0.39 is 0 Å². The fraction of sp³-hybridized carbons (Fsp3) is 0.538. The number of aromatic amines is 1. The molecule has 7 nitrogen and oxygen atoms in total. The first-order valence-electron chi connectivity index (χ1n) is 6.97. The molecule has 2 aromatic heterocycles. The van der Waals surface area contributed by atoms with Gasteiger partial charge in [-0.1, -0.05) is 37.4 Å². The zero-order chi connectivity index (χ0) is 15.9. The van der Waals surface area contributed by atoms with Crippen molar-refractivity contribution in [2.45, 2.75) is 37.1 Å². The van der Waals surface area contributed by atoms with Crippen LogP contribution < -0.4 is 11.3 Å². The molecule has 120 valence electrons. The molecular formula is C13H19N5O2S2. The molecule has 0 saturated heterocycles. The van der Waals surface area contributed by atoms with Crippen LogP contribution in [0.25, 0.3) is 0 Å². The second-order valence-electron chi connectivity index (χ2n) is 5.09. The van der Waals surface area contributed by atoms with Crippen molar-refractivity contribution in [1.82, 2.24) is 20.2 Å². The standard InChI is InChI=1S/C13H19N5O2S2/c1-8(2)7-22-13-18-17-11(20-13)4-3-5-21-12-15-9(14)6-10(19)16-12/h6,8H,3-5,7H2,1-2H3,(H3,14,15,16,19). The maximum atomic E-state index is 11.3. The predicted octanol–water partition coefficient (Wildman–Crippen LogP) is 2.21. The smallest absolute Gasteiger partial charge is 0.276 e. The van der Waals surface area contributed by atoms with Crippen molar-refractivity contribution in [2.24, 2.45) is 5.92 Å². The van der Waals surface area contributed by atoms with Crippen LogP contribution in [-0.2, 0) is 6.42 Å². The summed E-state index contributed by atoms with van der Waals surface area (Å²) < 4.78 is 5.56. The van der Waals surface area contributed by atoms with E-state index in [4.69, 9.17) is 10.2 Å². The molecule has 0 radical (unpaired) electrons. The molecule has 22 heavy (non-hydrogen) atoms. The summed E-state index contributed by atoms with van der Waals surface area (Å²) in [4.78, 5) is 17.9. The number of thioether (sulfide) groups is 2. The Bertz CT molecular complexity index is 656. The predicted molar refractivity (Wildman–Crippen MR) is 88.2 cm³/mol. The Labute approximate surface area is 136 Å². The lowest BCUT2D eigenvalue weighted by Crippen LogP contribution is -2.09. The summed E-state index contributed by atoms with van der Waals surface area (Å²) in [6.45, 7) is 4.30. The highest BCUT2D eigenvalue weighted by Gasteiger charge is 2.08. The lowest BCUT2D eigenvalue weighted by molar-refractivity contribution is 0.411. The molecule has 2 aromatic rings. The number of hydrogen-bond acceptors (Lipinski definition) is 8. The van der Waals surface area contributed by atoms with Crippen LogP contribution in [0.1, 0.15) is 26.2 Å². The SMILES string of the molecule is CC(C)CSc1nnc(CCCSc2nc(N)cc(=O)[nH]2)o1. The number of nitrogens with two attached hydrogens (primary N) is 1. The van der Waals surface area contributed by atoms with Gasteiger partial charge in [-0.25, -0.2) is 4.98 Å². The minimum absolute atomic E-state index is 0.231. The quantitative estimate of drug-likeness (QED) is 0.427. The van der Waals surface area contributed by atoms with E-state index >= 15 is 0 Å². The third kappa shape index (κ3) is 5.72. The minimum atomic E-state index is -0.237. The summed E-state index contributed by atoms with van der Waals surface area (Å²) in [6, 6.07) is 1.26. The van der Waals surface area contributed by atoms with Crippen molar-refractivity contribution < 1.29 is 4.42 Å². The first-order valence-corrected chi connectivity index (χ1v) is 8.95. The molecule has 0 spiro atoms. The maximum Gasteiger partial charge on any atom is 0.276 e. The first kappa shape index (κ1) is 16.9. The fourth-order valence-electron chi connectivity index (χ4n) is 1.55. The van der Waals surface area contributed by atoms with Gasteiger partial charge in [-0.2, -0.15) is 0 Å². The van der Waals surface area contributed by atoms with Gasteiger partial charge >= 0.3 is 0 Å². The third-order valence-corrected chi connectivity index (χ3v) is 4.71. The van der Waals surface area contributed by atoms with Gasteiger partial charge in [0, 0.05) is 24.0 Å². The Hall–Kier alpha value is -1.48. The van der Waals surface area contributed by atoms with E-state index in [1.807, 2.05) is 0 Å². The summed E-state index contributed by atoms with van der Waals surface area (Å²) >= 11 is 3.03. The Balaban J connectivity index is 1.73. The van der Waals surface area contributed by atoms with E-state index in [9.17, 15) is 4.79 Å². The number of anilines is 1. The second-order valence-corrected chi connectivity index (χ2v) is 7.15. The van der Waals surface area contributed by atoms with Crippen LogP contribution in [0.5, 0.6) is 0 Å². The topological polar surface area (TPSA) is 111 Å². The monoisotopic (exact) mass is 341 g/mol. The van der Waals surface area contributed by atoms with E-state index in [1.54, 1.807) is 11.8 Å². The molecule has 2 rings (SSSR count). The minimum Gasteiger partial charge on any atom is -0.416 e. The molecule has 0 aliphatic rings. The highest BCUT2D eigenvalue weighted by atomic mass is 32.2. The van der Waals surface area contributed by atoms with Crippen molar-refractivity contribution >= 4 is 29.3 Å². The lowest BCUT2D eigenvalue weighted by atomic mass is 10.3. The van der Waals surface area contributed by atoms with Gasteiger partial charge < -0.3 is 15.1 Å². The van der Waals surface area contributed by atoms with Crippen LogP contribution in [0.3, 0.4) is 0 Å². The van der Waals surface area contributed by atoms with E-state index in [1.165, 1.54) is 17.8 Å². The Morgan fingerprint density at radius 1 is 1.36 bits per heavy atom. The number of H-pyrrole nitrogens is 1. The average Bonchev–Trinajstić information content (AvgIpc) is 2.88. The Kier molecular flexibility index (Phi) is 6.32. The van der Waals surface area contributed by atoms with Crippen molar-refractivity contribution in [3.63, 3.8) is 0 Å². The van der Waals surface area contributed by atoms with Crippen LogP contribution in [-0.4, -0.2) is 31.7 Å². The molecule has 0 unspecified atom stereocenters. The molecule has 0 amide bonds. The summed E-state index contributed by atoms with van der Waals surface area (Å²) in [5, 5.41) is 9.19. The van der Waals surface area contributed by atoms with E-state index in [2.05, 4.69) is 34.0 Å².